The van der Waals surface area contributed by atoms with Crippen LogP contribution >= 0.6 is 0 Å². The molecule has 0 aromatic heterocycles. The van der Waals surface area contributed by atoms with Gasteiger partial charge in [0.15, 0.2) is 0 Å². The van der Waals surface area contributed by atoms with Crippen molar-refractivity contribution in [3.8, 4) is 11.8 Å². The molecule has 0 aliphatic rings. The van der Waals surface area contributed by atoms with Crippen molar-refractivity contribution in [1.29, 1.82) is 0 Å². The topological polar surface area (TPSA) is 109 Å². The van der Waals surface area contributed by atoms with Gasteiger partial charge in [0.05, 0.1) is 9.79 Å². The summed E-state index contributed by atoms with van der Waals surface area (Å²) in [4.78, 5) is -0.413. The third kappa shape index (κ3) is 5.20. The number of hydrogen-bond donors (Lipinski definition) is 2. The Kier molecular flexibility index (Phi) is 6.36. The van der Waals surface area contributed by atoms with Crippen LogP contribution in [0.25, 0.3) is 0 Å². The predicted octanol–water partition coefficient (Wildman–Crippen LogP) is 3.71. The molecule has 0 aliphatic carbocycles. The van der Waals surface area contributed by atoms with E-state index >= 15 is 0 Å². The molecule has 0 spiro atoms. The maximum atomic E-state index is 11.6. The van der Waals surface area contributed by atoms with Crippen molar-refractivity contribution in [2.24, 2.45) is 0 Å². The highest BCUT2D eigenvalue weighted by Gasteiger charge is 2.20. The van der Waals surface area contributed by atoms with E-state index in [4.69, 9.17) is 0 Å². The first kappa shape index (κ1) is 22.1. The average molecular weight is 423 g/mol. The fourth-order valence-electron chi connectivity index (χ4n) is 2.89. The van der Waals surface area contributed by atoms with Gasteiger partial charge in [-0.1, -0.05) is 47.2 Å². The first-order valence-corrected chi connectivity index (χ1v) is 11.4. The van der Waals surface area contributed by atoms with Gasteiger partial charge in [0.2, 0.25) is 0 Å². The third-order valence-electron chi connectivity index (χ3n) is 4.34. The summed E-state index contributed by atoms with van der Waals surface area (Å²) in [5.74, 6) is 4.81. The summed E-state index contributed by atoms with van der Waals surface area (Å²) in [6.07, 6.45) is 0. The molecular weight excluding hydrogens is 400 g/mol. The maximum Gasteiger partial charge on any atom is 0.294 e. The van der Waals surface area contributed by atoms with Crippen LogP contribution in [0.3, 0.4) is 0 Å². The van der Waals surface area contributed by atoms with Crippen LogP contribution in [0.4, 0.5) is 0 Å². The van der Waals surface area contributed by atoms with E-state index in [0.717, 1.165) is 11.1 Å². The predicted molar refractivity (Wildman–Crippen MR) is 107 cm³/mol. The highest BCUT2D eigenvalue weighted by atomic mass is 32.2. The smallest absolute Gasteiger partial charge is 0.282 e. The van der Waals surface area contributed by atoms with Crippen LogP contribution in [0.5, 0.6) is 0 Å². The number of benzene rings is 2. The lowest BCUT2D eigenvalue weighted by atomic mass is 9.96. The zero-order valence-electron chi connectivity index (χ0n) is 16.0. The van der Waals surface area contributed by atoms with Crippen molar-refractivity contribution < 1.29 is 25.9 Å². The second-order valence-corrected chi connectivity index (χ2v) is 9.54. The van der Waals surface area contributed by atoms with Crippen molar-refractivity contribution in [3.63, 3.8) is 0 Å². The molecule has 2 atom stereocenters. The van der Waals surface area contributed by atoms with E-state index in [2.05, 4.69) is 11.8 Å². The SMILES string of the molecule is Cc1ccc(S(=O)(=O)O)c(C(C)C#CC(C)c2cc(C)ccc2S(=O)(=O)O)c1. The fourth-order valence-corrected chi connectivity index (χ4v) is 4.44. The Morgan fingerprint density at radius 3 is 1.32 bits per heavy atom. The van der Waals surface area contributed by atoms with Crippen molar-refractivity contribution >= 4 is 20.2 Å². The molecule has 8 heteroatoms. The van der Waals surface area contributed by atoms with Gasteiger partial charge in [-0.05, 0) is 51.0 Å². The Balaban J connectivity index is 2.48. The van der Waals surface area contributed by atoms with Crippen LogP contribution in [0.1, 0.15) is 47.9 Å². The minimum Gasteiger partial charge on any atom is -0.282 e. The molecule has 0 bridgehead atoms. The molecule has 2 N–H and O–H groups in total. The molecule has 0 fully saturated rings. The third-order valence-corrected chi connectivity index (χ3v) is 6.19. The van der Waals surface area contributed by atoms with Gasteiger partial charge in [0, 0.05) is 11.8 Å². The van der Waals surface area contributed by atoms with E-state index in [0.29, 0.717) is 11.1 Å². The first-order valence-electron chi connectivity index (χ1n) is 8.48. The molecule has 150 valence electrons. The van der Waals surface area contributed by atoms with Crippen LogP contribution < -0.4 is 0 Å². The fraction of sp³-hybridized carbons (Fsp3) is 0.300. The molecule has 2 aromatic rings. The van der Waals surface area contributed by atoms with Crippen LogP contribution in [0.15, 0.2) is 46.2 Å². The lowest BCUT2D eigenvalue weighted by Gasteiger charge is -2.13. The Morgan fingerprint density at radius 2 is 1.04 bits per heavy atom. The van der Waals surface area contributed by atoms with Crippen LogP contribution in [-0.2, 0) is 20.2 Å². The van der Waals surface area contributed by atoms with E-state index < -0.39 is 32.1 Å². The zero-order valence-corrected chi connectivity index (χ0v) is 17.6. The average Bonchev–Trinajstić information content (AvgIpc) is 2.57. The molecule has 6 nitrogen and oxygen atoms in total. The monoisotopic (exact) mass is 422 g/mol. The summed E-state index contributed by atoms with van der Waals surface area (Å²) >= 11 is 0. The lowest BCUT2D eigenvalue weighted by Crippen LogP contribution is -2.07. The lowest BCUT2D eigenvalue weighted by molar-refractivity contribution is 0.479. The summed E-state index contributed by atoms with van der Waals surface area (Å²) in [5.41, 5.74) is 2.36. The minimum absolute atomic E-state index is 0.207. The molecule has 0 heterocycles. The van der Waals surface area contributed by atoms with Crippen molar-refractivity contribution in [2.75, 3.05) is 0 Å². The van der Waals surface area contributed by atoms with Gasteiger partial charge in [-0.25, -0.2) is 0 Å². The molecule has 2 rings (SSSR count). The van der Waals surface area contributed by atoms with Gasteiger partial charge in [-0.15, -0.1) is 0 Å². The van der Waals surface area contributed by atoms with E-state index in [9.17, 15) is 25.9 Å². The number of aryl methyl sites for hydroxylation is 2. The van der Waals surface area contributed by atoms with Gasteiger partial charge in [0.25, 0.3) is 20.2 Å². The van der Waals surface area contributed by atoms with Gasteiger partial charge < -0.3 is 0 Å². The molecule has 0 radical (unpaired) electrons. The number of hydrogen-bond acceptors (Lipinski definition) is 4. The van der Waals surface area contributed by atoms with E-state index in [1.807, 2.05) is 0 Å². The second kappa shape index (κ2) is 8.05. The van der Waals surface area contributed by atoms with Crippen molar-refractivity contribution in [3.05, 3.63) is 58.7 Å². The summed E-state index contributed by atoms with van der Waals surface area (Å²) < 4.78 is 65.4. The Morgan fingerprint density at radius 1 is 0.714 bits per heavy atom. The summed E-state index contributed by atoms with van der Waals surface area (Å²) in [5, 5.41) is 0. The summed E-state index contributed by atoms with van der Waals surface area (Å²) in [6, 6.07) is 9.12. The molecule has 2 aromatic carbocycles. The van der Waals surface area contributed by atoms with Crippen LogP contribution in [0, 0.1) is 25.7 Å². The first-order chi connectivity index (χ1) is 12.8. The molecule has 2 unspecified atom stereocenters. The molecule has 28 heavy (non-hydrogen) atoms. The van der Waals surface area contributed by atoms with Gasteiger partial charge >= 0.3 is 0 Å². The Labute approximate surface area is 166 Å². The highest BCUT2D eigenvalue weighted by molar-refractivity contribution is 7.86. The molecule has 0 saturated carbocycles. The standard InChI is InChI=1S/C20H22O6S2/c1-13-5-9-19(27(21,22)23)17(11-13)15(3)7-8-16(4)18-12-14(2)6-10-20(18)28(24,25)26/h5-6,9-12,15-16H,1-4H3,(H,21,22,23)(H,24,25,26). The van der Waals surface area contributed by atoms with Crippen LogP contribution in [-0.4, -0.2) is 25.9 Å². The van der Waals surface area contributed by atoms with Gasteiger partial charge in [-0.3, -0.25) is 9.11 Å². The van der Waals surface area contributed by atoms with Crippen molar-refractivity contribution in [1.82, 2.24) is 0 Å². The second-order valence-electron chi connectivity index (χ2n) is 6.76. The maximum absolute atomic E-state index is 11.6. The van der Waals surface area contributed by atoms with E-state index in [-0.39, 0.29) is 9.79 Å². The van der Waals surface area contributed by atoms with E-state index in [1.165, 1.54) is 12.1 Å². The normalized spacial score (nSPS) is 14.1. The quantitative estimate of drug-likeness (QED) is 0.574. The summed E-state index contributed by atoms with van der Waals surface area (Å²) in [7, 11) is -8.80. The Bertz CT molecular complexity index is 1080. The minimum atomic E-state index is -4.40. The largest absolute Gasteiger partial charge is 0.294 e. The van der Waals surface area contributed by atoms with Gasteiger partial charge in [0.1, 0.15) is 0 Å². The van der Waals surface area contributed by atoms with E-state index in [1.54, 1.807) is 52.0 Å². The number of rotatable bonds is 4. The molecular formula is C20H22O6S2. The summed E-state index contributed by atoms with van der Waals surface area (Å²) in [6.45, 7) is 6.99. The highest BCUT2D eigenvalue weighted by Crippen LogP contribution is 2.27. The van der Waals surface area contributed by atoms with Crippen molar-refractivity contribution in [2.45, 2.75) is 49.3 Å². The molecule has 0 amide bonds. The zero-order chi connectivity index (χ0) is 21.3. The van der Waals surface area contributed by atoms with Gasteiger partial charge in [-0.2, -0.15) is 16.8 Å². The molecule has 0 aliphatic heterocycles. The molecule has 0 saturated heterocycles. The van der Waals surface area contributed by atoms with Crippen LogP contribution in [0.2, 0.25) is 0 Å². The Hall–Kier alpha value is -2.18.